The highest BCUT2D eigenvalue weighted by Crippen LogP contribution is 2.22. The standard InChI is InChI=1S/C4H2BN3O2/c6-1-4(2-7,3-8)5(9)10/h9-10H. The first-order valence-electron chi connectivity index (χ1n) is 2.23. The Balaban J connectivity index is 4.81. The van der Waals surface area contributed by atoms with E-state index in [-0.39, 0.29) is 0 Å². The summed E-state index contributed by atoms with van der Waals surface area (Å²) >= 11 is 0. The van der Waals surface area contributed by atoms with Crippen LogP contribution < -0.4 is 0 Å². The first-order chi connectivity index (χ1) is 4.63. The van der Waals surface area contributed by atoms with E-state index in [0.717, 1.165) is 0 Å². The average molecular weight is 135 g/mol. The molecule has 0 aliphatic carbocycles. The largest absolute Gasteiger partial charge is 0.504 e. The van der Waals surface area contributed by atoms with Crippen molar-refractivity contribution in [2.45, 2.75) is 5.31 Å². The van der Waals surface area contributed by atoms with Crippen molar-refractivity contribution in [3.05, 3.63) is 0 Å². The Hall–Kier alpha value is -1.55. The van der Waals surface area contributed by atoms with Crippen LogP contribution in [0.5, 0.6) is 0 Å². The molecule has 0 aliphatic heterocycles. The van der Waals surface area contributed by atoms with E-state index in [2.05, 4.69) is 0 Å². The third-order valence-electron chi connectivity index (χ3n) is 0.916. The minimum atomic E-state index is -2.35. The smallest absolute Gasteiger partial charge is 0.425 e. The monoisotopic (exact) mass is 135 g/mol. The molecule has 6 heteroatoms. The molecule has 0 rings (SSSR count). The van der Waals surface area contributed by atoms with Gasteiger partial charge in [-0.1, -0.05) is 0 Å². The normalized spacial score (nSPS) is 8.70. The van der Waals surface area contributed by atoms with Gasteiger partial charge >= 0.3 is 7.12 Å². The summed E-state index contributed by atoms with van der Waals surface area (Å²) in [6, 6.07) is 3.58. The Bertz CT molecular complexity index is 207. The van der Waals surface area contributed by atoms with E-state index in [1.807, 2.05) is 0 Å². The van der Waals surface area contributed by atoms with Crippen LogP contribution in [0.3, 0.4) is 0 Å². The first kappa shape index (κ1) is 8.45. The van der Waals surface area contributed by atoms with E-state index in [4.69, 9.17) is 25.8 Å². The Kier molecular flexibility index (Phi) is 2.40. The maximum Gasteiger partial charge on any atom is 0.504 e. The van der Waals surface area contributed by atoms with Crippen LogP contribution in [0, 0.1) is 34.0 Å². The summed E-state index contributed by atoms with van der Waals surface area (Å²) in [4.78, 5) is 0. The van der Waals surface area contributed by atoms with E-state index in [0.29, 0.717) is 0 Å². The quantitative estimate of drug-likeness (QED) is 0.437. The molecule has 0 aromatic rings. The second kappa shape index (κ2) is 2.84. The van der Waals surface area contributed by atoms with Crippen molar-refractivity contribution in [1.82, 2.24) is 0 Å². The lowest BCUT2D eigenvalue weighted by Crippen LogP contribution is -2.29. The van der Waals surface area contributed by atoms with Gasteiger partial charge in [0.15, 0.2) is 0 Å². The first-order valence-corrected chi connectivity index (χ1v) is 2.23. The summed E-state index contributed by atoms with van der Waals surface area (Å²) in [5.74, 6) is 0. The molecule has 0 bridgehead atoms. The fourth-order valence-corrected chi connectivity index (χ4v) is 0.248. The molecule has 0 saturated heterocycles. The summed E-state index contributed by atoms with van der Waals surface area (Å²) in [6.45, 7) is 0. The number of nitrogens with zero attached hydrogens (tertiary/aromatic N) is 3. The van der Waals surface area contributed by atoms with Gasteiger partial charge in [0.1, 0.15) is 0 Å². The van der Waals surface area contributed by atoms with Crippen molar-refractivity contribution in [2.24, 2.45) is 0 Å². The van der Waals surface area contributed by atoms with Gasteiger partial charge in [0.05, 0.1) is 18.2 Å². The van der Waals surface area contributed by atoms with E-state index >= 15 is 0 Å². The van der Waals surface area contributed by atoms with Gasteiger partial charge in [0, 0.05) is 0 Å². The number of hydrogen-bond acceptors (Lipinski definition) is 5. The van der Waals surface area contributed by atoms with Crippen molar-refractivity contribution in [3.63, 3.8) is 0 Å². The molecule has 0 aromatic carbocycles. The topological polar surface area (TPSA) is 112 Å². The molecule has 2 N–H and O–H groups in total. The molecule has 0 heterocycles. The van der Waals surface area contributed by atoms with Crippen molar-refractivity contribution in [2.75, 3.05) is 0 Å². The van der Waals surface area contributed by atoms with Crippen LogP contribution in [0.4, 0.5) is 0 Å². The summed E-state index contributed by atoms with van der Waals surface area (Å²) in [7, 11) is -2.24. The summed E-state index contributed by atoms with van der Waals surface area (Å²) in [6.07, 6.45) is 0. The molecule has 0 unspecified atom stereocenters. The fraction of sp³-hybridized carbons (Fsp3) is 0.250. The predicted octanol–water partition coefficient (Wildman–Crippen LogP) is -1.23. The Morgan fingerprint density at radius 1 is 1.00 bits per heavy atom. The van der Waals surface area contributed by atoms with Crippen LogP contribution in [-0.2, 0) is 0 Å². The minimum absolute atomic E-state index is 1.19. The van der Waals surface area contributed by atoms with Gasteiger partial charge in [0.25, 0.3) is 5.31 Å². The molecule has 5 nitrogen and oxygen atoms in total. The van der Waals surface area contributed by atoms with Crippen LogP contribution in [-0.4, -0.2) is 17.2 Å². The van der Waals surface area contributed by atoms with Crippen LogP contribution >= 0.6 is 0 Å². The molecule has 48 valence electrons. The van der Waals surface area contributed by atoms with Gasteiger partial charge in [-0.3, -0.25) is 0 Å². The van der Waals surface area contributed by atoms with E-state index in [1.165, 1.54) is 18.2 Å². The molecule has 0 amide bonds. The fourth-order valence-electron chi connectivity index (χ4n) is 0.248. The molecule has 0 spiro atoms. The molecule has 10 heavy (non-hydrogen) atoms. The third kappa shape index (κ3) is 1.06. The van der Waals surface area contributed by atoms with Gasteiger partial charge in [0.2, 0.25) is 0 Å². The highest BCUT2D eigenvalue weighted by atomic mass is 16.4. The predicted molar refractivity (Wildman–Crippen MR) is 29.7 cm³/mol. The minimum Gasteiger partial charge on any atom is -0.425 e. The lowest BCUT2D eigenvalue weighted by molar-refractivity contribution is 0.394. The van der Waals surface area contributed by atoms with E-state index in [1.54, 1.807) is 0 Å². The van der Waals surface area contributed by atoms with Crippen LogP contribution in [0.15, 0.2) is 0 Å². The van der Waals surface area contributed by atoms with Crippen molar-refractivity contribution >= 4 is 7.12 Å². The van der Waals surface area contributed by atoms with E-state index in [9.17, 15) is 0 Å². The number of hydrogen-bond donors (Lipinski definition) is 2. The van der Waals surface area contributed by atoms with Crippen molar-refractivity contribution < 1.29 is 10.0 Å². The van der Waals surface area contributed by atoms with Gasteiger partial charge < -0.3 is 10.0 Å². The maximum atomic E-state index is 8.35. The SMILES string of the molecule is N#CC(C#N)(C#N)B(O)O. The molecule has 0 fully saturated rings. The van der Waals surface area contributed by atoms with Gasteiger partial charge in [-0.05, 0) is 0 Å². The van der Waals surface area contributed by atoms with Crippen LogP contribution in [0.1, 0.15) is 0 Å². The Morgan fingerprint density at radius 2 is 1.30 bits per heavy atom. The third-order valence-corrected chi connectivity index (χ3v) is 0.916. The van der Waals surface area contributed by atoms with Crippen LogP contribution in [0.25, 0.3) is 0 Å². The lowest BCUT2D eigenvalue weighted by atomic mass is 9.61. The molecule has 0 aromatic heterocycles. The molecule has 0 saturated carbocycles. The maximum absolute atomic E-state index is 8.35. The molecule has 0 radical (unpaired) electrons. The summed E-state index contributed by atoms with van der Waals surface area (Å²) < 4.78 is 0. The second-order valence-electron chi connectivity index (χ2n) is 1.52. The van der Waals surface area contributed by atoms with Crippen molar-refractivity contribution in [3.8, 4) is 18.2 Å². The zero-order valence-electron chi connectivity index (χ0n) is 4.81. The van der Waals surface area contributed by atoms with Crippen molar-refractivity contribution in [1.29, 1.82) is 15.8 Å². The molecule has 0 aliphatic rings. The highest BCUT2D eigenvalue weighted by molar-refractivity contribution is 6.49. The molecule has 0 atom stereocenters. The Morgan fingerprint density at radius 3 is 1.30 bits per heavy atom. The number of nitriles is 3. The van der Waals surface area contributed by atoms with Gasteiger partial charge in [-0.2, -0.15) is 15.8 Å². The van der Waals surface area contributed by atoms with Crippen LogP contribution in [0.2, 0.25) is 5.31 Å². The Labute approximate surface area is 57.5 Å². The number of rotatable bonds is 1. The van der Waals surface area contributed by atoms with E-state index < -0.39 is 12.4 Å². The second-order valence-corrected chi connectivity index (χ2v) is 1.52. The van der Waals surface area contributed by atoms with Gasteiger partial charge in [-0.25, -0.2) is 0 Å². The highest BCUT2D eigenvalue weighted by Gasteiger charge is 2.44. The zero-order valence-corrected chi connectivity index (χ0v) is 4.81. The average Bonchev–Trinajstić information content (AvgIpc) is 1.92. The molecular weight excluding hydrogens is 133 g/mol. The zero-order chi connectivity index (χ0) is 8.20. The summed E-state index contributed by atoms with van der Waals surface area (Å²) in [5, 5.41) is 38.8. The summed E-state index contributed by atoms with van der Waals surface area (Å²) in [5.41, 5.74) is 0. The van der Waals surface area contributed by atoms with Gasteiger partial charge in [-0.15, -0.1) is 0 Å². The molecular formula is C4H2BN3O2. The lowest BCUT2D eigenvalue weighted by Gasteiger charge is -2.04.